The Morgan fingerprint density at radius 1 is 1.07 bits per heavy atom. The van der Waals surface area contributed by atoms with Gasteiger partial charge < -0.3 is 19.7 Å². The highest BCUT2D eigenvalue weighted by Gasteiger charge is 2.16. The molecular weight excluding hydrogens is 380 g/mol. The molecule has 2 aromatic carbocycles. The zero-order valence-corrected chi connectivity index (χ0v) is 18.1. The van der Waals surface area contributed by atoms with Crippen molar-refractivity contribution in [3.05, 3.63) is 59.9 Å². The van der Waals surface area contributed by atoms with Crippen molar-refractivity contribution < 1.29 is 14.3 Å². The van der Waals surface area contributed by atoms with Crippen molar-refractivity contribution in [1.82, 2.24) is 9.78 Å². The van der Waals surface area contributed by atoms with Gasteiger partial charge in [-0.3, -0.25) is 4.79 Å². The minimum absolute atomic E-state index is 0.0545. The fourth-order valence-corrected chi connectivity index (χ4v) is 3.31. The maximum absolute atomic E-state index is 12.6. The van der Waals surface area contributed by atoms with E-state index in [1.807, 2.05) is 79.0 Å². The molecule has 0 fully saturated rings. The van der Waals surface area contributed by atoms with Crippen LogP contribution in [0.3, 0.4) is 0 Å². The van der Waals surface area contributed by atoms with E-state index in [2.05, 4.69) is 10.4 Å². The van der Waals surface area contributed by atoms with Gasteiger partial charge in [0.1, 0.15) is 0 Å². The molecule has 1 N–H and O–H groups in total. The number of hydrogen-bond acceptors (Lipinski definition) is 5. The Bertz CT molecular complexity index is 1010. The highest BCUT2D eigenvalue weighted by atomic mass is 16.5. The smallest absolute Gasteiger partial charge is 0.226 e. The third-order valence-corrected chi connectivity index (χ3v) is 5.04. The number of nitrogens with zero attached hydrogens (tertiary/aromatic N) is 3. The number of carbonyl (C=O) groups excluding carboxylic acids is 1. The molecular formula is C23H28N4O3. The van der Waals surface area contributed by atoms with E-state index in [1.54, 1.807) is 14.2 Å². The van der Waals surface area contributed by atoms with Crippen LogP contribution in [0, 0.1) is 13.8 Å². The fraction of sp³-hybridized carbons (Fsp3) is 0.304. The van der Waals surface area contributed by atoms with Gasteiger partial charge in [0.2, 0.25) is 5.91 Å². The van der Waals surface area contributed by atoms with Crippen LogP contribution in [0.15, 0.2) is 48.5 Å². The second-order valence-corrected chi connectivity index (χ2v) is 7.05. The van der Waals surface area contributed by atoms with Gasteiger partial charge in [-0.05, 0) is 38.1 Å². The Kier molecular flexibility index (Phi) is 6.61. The molecule has 1 aromatic heterocycles. The van der Waals surface area contributed by atoms with Crippen LogP contribution in [-0.2, 0) is 4.79 Å². The van der Waals surface area contributed by atoms with E-state index in [0.29, 0.717) is 24.5 Å². The Morgan fingerprint density at radius 2 is 1.77 bits per heavy atom. The normalized spacial score (nSPS) is 10.6. The zero-order chi connectivity index (χ0) is 21.7. The number of anilines is 2. The summed E-state index contributed by atoms with van der Waals surface area (Å²) in [6, 6.07) is 15.6. The summed E-state index contributed by atoms with van der Waals surface area (Å²) in [5.74, 6) is 1.28. The molecule has 7 heteroatoms. The predicted octanol–water partition coefficient (Wildman–Crippen LogP) is 3.97. The van der Waals surface area contributed by atoms with Crippen LogP contribution in [-0.4, -0.2) is 43.5 Å². The van der Waals surface area contributed by atoms with Crippen LogP contribution >= 0.6 is 0 Å². The Hall–Kier alpha value is -3.48. The number of nitrogens with one attached hydrogen (secondary N) is 1. The SMILES string of the molecule is COc1ccc(N(C)CCC(=O)Nc2c(C)nn(-c3ccccc3)c2C)cc1OC. The molecule has 3 aromatic rings. The number of benzene rings is 2. The number of aryl methyl sites for hydroxylation is 1. The summed E-state index contributed by atoms with van der Waals surface area (Å²) in [6.45, 7) is 4.42. The highest BCUT2D eigenvalue weighted by Crippen LogP contribution is 2.31. The van der Waals surface area contributed by atoms with Gasteiger partial charge in [-0.1, -0.05) is 18.2 Å². The van der Waals surface area contributed by atoms with E-state index in [-0.39, 0.29) is 5.91 Å². The van der Waals surface area contributed by atoms with Crippen molar-refractivity contribution in [2.45, 2.75) is 20.3 Å². The second-order valence-electron chi connectivity index (χ2n) is 7.05. The van der Waals surface area contributed by atoms with Gasteiger partial charge in [0.05, 0.1) is 37.0 Å². The van der Waals surface area contributed by atoms with Crippen molar-refractivity contribution in [1.29, 1.82) is 0 Å². The predicted molar refractivity (Wildman–Crippen MR) is 119 cm³/mol. The van der Waals surface area contributed by atoms with Gasteiger partial charge in [0.25, 0.3) is 0 Å². The van der Waals surface area contributed by atoms with E-state index in [1.165, 1.54) is 0 Å². The minimum atomic E-state index is -0.0545. The van der Waals surface area contributed by atoms with Crippen LogP contribution in [0.2, 0.25) is 0 Å². The Balaban J connectivity index is 1.65. The standard InChI is InChI=1S/C23H28N4O3/c1-16-23(17(2)27(25-16)18-9-7-6-8-10-18)24-22(28)13-14-26(3)19-11-12-20(29-4)21(15-19)30-5/h6-12,15H,13-14H2,1-5H3,(H,24,28). The average Bonchev–Trinajstić information content (AvgIpc) is 3.05. The van der Waals surface area contributed by atoms with Gasteiger partial charge in [-0.2, -0.15) is 5.10 Å². The fourth-order valence-electron chi connectivity index (χ4n) is 3.31. The number of aromatic nitrogens is 2. The lowest BCUT2D eigenvalue weighted by molar-refractivity contribution is -0.116. The molecule has 0 bridgehead atoms. The molecule has 0 radical (unpaired) electrons. The first-order chi connectivity index (χ1) is 14.4. The molecule has 0 aliphatic carbocycles. The van der Waals surface area contributed by atoms with E-state index < -0.39 is 0 Å². The molecule has 0 saturated carbocycles. The highest BCUT2D eigenvalue weighted by molar-refractivity contribution is 5.92. The summed E-state index contributed by atoms with van der Waals surface area (Å²) in [5, 5.41) is 7.60. The molecule has 0 aliphatic rings. The first-order valence-electron chi connectivity index (χ1n) is 9.79. The summed E-state index contributed by atoms with van der Waals surface area (Å²) < 4.78 is 12.5. The molecule has 0 spiro atoms. The molecule has 0 atom stereocenters. The van der Waals surface area contributed by atoms with Crippen LogP contribution in [0.5, 0.6) is 11.5 Å². The molecule has 3 rings (SSSR count). The molecule has 1 heterocycles. The summed E-state index contributed by atoms with van der Waals surface area (Å²) in [6.07, 6.45) is 0.347. The lowest BCUT2D eigenvalue weighted by atomic mass is 10.2. The second kappa shape index (κ2) is 9.35. The van der Waals surface area contributed by atoms with Crippen molar-refractivity contribution in [2.24, 2.45) is 0 Å². The molecule has 0 saturated heterocycles. The van der Waals surface area contributed by atoms with Gasteiger partial charge in [-0.15, -0.1) is 0 Å². The summed E-state index contributed by atoms with van der Waals surface area (Å²) in [5.41, 5.74) is 4.37. The van der Waals surface area contributed by atoms with Gasteiger partial charge in [0.15, 0.2) is 11.5 Å². The third-order valence-electron chi connectivity index (χ3n) is 5.04. The van der Waals surface area contributed by atoms with Crippen molar-refractivity contribution >= 4 is 17.3 Å². The number of para-hydroxylation sites is 1. The van der Waals surface area contributed by atoms with E-state index >= 15 is 0 Å². The molecule has 1 amide bonds. The van der Waals surface area contributed by atoms with E-state index in [4.69, 9.17) is 9.47 Å². The van der Waals surface area contributed by atoms with Crippen molar-refractivity contribution in [3.63, 3.8) is 0 Å². The maximum atomic E-state index is 12.6. The molecule has 158 valence electrons. The third kappa shape index (κ3) is 4.56. The number of amides is 1. The zero-order valence-electron chi connectivity index (χ0n) is 18.1. The molecule has 0 aliphatic heterocycles. The Labute approximate surface area is 177 Å². The van der Waals surface area contributed by atoms with Gasteiger partial charge in [0, 0.05) is 31.8 Å². The number of carbonyl (C=O) groups is 1. The maximum Gasteiger partial charge on any atom is 0.226 e. The van der Waals surface area contributed by atoms with Gasteiger partial charge >= 0.3 is 0 Å². The number of hydrogen-bond donors (Lipinski definition) is 1. The van der Waals surface area contributed by atoms with E-state index in [0.717, 1.165) is 28.5 Å². The largest absolute Gasteiger partial charge is 0.493 e. The van der Waals surface area contributed by atoms with Crippen LogP contribution in [0.1, 0.15) is 17.8 Å². The number of ether oxygens (including phenoxy) is 2. The van der Waals surface area contributed by atoms with Crippen LogP contribution in [0.25, 0.3) is 5.69 Å². The number of rotatable bonds is 8. The van der Waals surface area contributed by atoms with Crippen molar-refractivity contribution in [2.75, 3.05) is 38.0 Å². The summed E-state index contributed by atoms with van der Waals surface area (Å²) >= 11 is 0. The summed E-state index contributed by atoms with van der Waals surface area (Å²) in [7, 11) is 5.16. The van der Waals surface area contributed by atoms with Crippen LogP contribution < -0.4 is 19.7 Å². The summed E-state index contributed by atoms with van der Waals surface area (Å²) in [4.78, 5) is 14.6. The minimum Gasteiger partial charge on any atom is -0.493 e. The van der Waals surface area contributed by atoms with Gasteiger partial charge in [-0.25, -0.2) is 4.68 Å². The van der Waals surface area contributed by atoms with Crippen LogP contribution in [0.4, 0.5) is 11.4 Å². The Morgan fingerprint density at radius 3 is 2.43 bits per heavy atom. The first kappa shape index (κ1) is 21.2. The average molecular weight is 409 g/mol. The lowest BCUT2D eigenvalue weighted by Gasteiger charge is -2.20. The number of methoxy groups -OCH3 is 2. The lowest BCUT2D eigenvalue weighted by Crippen LogP contribution is -2.24. The topological polar surface area (TPSA) is 68.6 Å². The van der Waals surface area contributed by atoms with Crippen molar-refractivity contribution in [3.8, 4) is 17.2 Å². The quantitative estimate of drug-likeness (QED) is 0.611. The molecule has 0 unspecified atom stereocenters. The monoisotopic (exact) mass is 408 g/mol. The molecule has 7 nitrogen and oxygen atoms in total. The van der Waals surface area contributed by atoms with E-state index in [9.17, 15) is 4.79 Å². The molecule has 30 heavy (non-hydrogen) atoms. The first-order valence-corrected chi connectivity index (χ1v) is 9.79.